The van der Waals surface area contributed by atoms with E-state index in [1.165, 1.54) is 14.0 Å². The van der Waals surface area contributed by atoms with Crippen molar-refractivity contribution >= 4 is 28.0 Å². The van der Waals surface area contributed by atoms with Crippen LogP contribution in [0.3, 0.4) is 0 Å². The van der Waals surface area contributed by atoms with Crippen molar-refractivity contribution in [2.24, 2.45) is 0 Å². The summed E-state index contributed by atoms with van der Waals surface area (Å²) in [5.74, 6) is -0.510. The zero-order valence-corrected chi connectivity index (χ0v) is 12.4. The summed E-state index contributed by atoms with van der Waals surface area (Å²) in [4.78, 5) is 22.5. The van der Waals surface area contributed by atoms with E-state index in [4.69, 9.17) is 4.74 Å². The molecule has 1 atom stereocenters. The lowest BCUT2D eigenvalue weighted by Gasteiger charge is -2.11. The number of benzene rings is 1. The zero-order chi connectivity index (χ0) is 14.3. The highest BCUT2D eigenvalue weighted by Crippen LogP contribution is 2.11. The first-order valence-electron chi connectivity index (χ1n) is 5.78. The van der Waals surface area contributed by atoms with Crippen LogP contribution in [-0.2, 0) is 20.7 Å². The summed E-state index contributed by atoms with van der Waals surface area (Å²) in [6.07, 6.45) is -0.0210. The molecule has 6 heteroatoms. The number of carbonyl (C=O) groups is 2. The summed E-state index contributed by atoms with van der Waals surface area (Å²) >= 11 is 3.37. The van der Waals surface area contributed by atoms with Gasteiger partial charge < -0.3 is 14.8 Å². The van der Waals surface area contributed by atoms with E-state index in [0.29, 0.717) is 6.42 Å². The van der Waals surface area contributed by atoms with Gasteiger partial charge in [0.1, 0.15) is 6.04 Å². The lowest BCUT2D eigenvalue weighted by molar-refractivity contribution is -0.142. The number of hydrogen-bond donors (Lipinski definition) is 1. The van der Waals surface area contributed by atoms with Crippen LogP contribution < -0.4 is 5.32 Å². The summed E-state index contributed by atoms with van der Waals surface area (Å²) in [7, 11) is 1.26. The van der Waals surface area contributed by atoms with Crippen LogP contribution in [0, 0.1) is 0 Å². The van der Waals surface area contributed by atoms with Crippen molar-refractivity contribution in [2.75, 3.05) is 13.7 Å². The number of halogens is 1. The van der Waals surface area contributed by atoms with Crippen LogP contribution in [0.2, 0.25) is 0 Å². The van der Waals surface area contributed by atoms with Crippen molar-refractivity contribution < 1.29 is 19.1 Å². The first-order valence-corrected chi connectivity index (χ1v) is 6.58. The molecule has 1 aromatic rings. The molecule has 0 aliphatic rings. The predicted octanol–water partition coefficient (Wildman–Crippen LogP) is 2.28. The number of methoxy groups -OCH3 is 1. The molecule has 1 amide bonds. The quantitative estimate of drug-likeness (QED) is 0.842. The highest BCUT2D eigenvalue weighted by Gasteiger charge is 2.16. The number of hydrogen-bond acceptors (Lipinski definition) is 4. The van der Waals surface area contributed by atoms with E-state index in [2.05, 4.69) is 26.0 Å². The molecule has 0 aliphatic carbocycles. The van der Waals surface area contributed by atoms with Crippen molar-refractivity contribution in [2.45, 2.75) is 19.4 Å². The summed E-state index contributed by atoms with van der Waals surface area (Å²) in [5, 5.41) is 2.38. The SMILES string of the molecule is COC(=O)C(C)NC(=O)OCCc1cccc(Br)c1. The third-order valence-electron chi connectivity index (χ3n) is 2.40. The van der Waals surface area contributed by atoms with E-state index in [0.717, 1.165) is 10.0 Å². The first kappa shape index (κ1) is 15.5. The van der Waals surface area contributed by atoms with Gasteiger partial charge in [0, 0.05) is 10.9 Å². The second-order valence-electron chi connectivity index (χ2n) is 3.91. The normalized spacial score (nSPS) is 11.5. The molecule has 0 spiro atoms. The van der Waals surface area contributed by atoms with Crippen molar-refractivity contribution in [3.05, 3.63) is 34.3 Å². The number of amides is 1. The molecule has 0 saturated heterocycles. The Labute approximate surface area is 120 Å². The Balaban J connectivity index is 2.29. The topological polar surface area (TPSA) is 64.6 Å². The van der Waals surface area contributed by atoms with Crippen LogP contribution in [0.25, 0.3) is 0 Å². The fourth-order valence-electron chi connectivity index (χ4n) is 1.41. The highest BCUT2D eigenvalue weighted by atomic mass is 79.9. The van der Waals surface area contributed by atoms with E-state index < -0.39 is 18.1 Å². The molecule has 0 aromatic heterocycles. The molecule has 19 heavy (non-hydrogen) atoms. The third kappa shape index (κ3) is 5.74. The molecule has 1 rings (SSSR count). The molecular formula is C13H16BrNO4. The van der Waals surface area contributed by atoms with Gasteiger partial charge in [-0.15, -0.1) is 0 Å². The van der Waals surface area contributed by atoms with Gasteiger partial charge >= 0.3 is 12.1 Å². The summed E-state index contributed by atoms with van der Waals surface area (Å²) in [5.41, 5.74) is 1.06. The van der Waals surface area contributed by atoms with Crippen LogP contribution in [0.4, 0.5) is 4.79 Å². The largest absolute Gasteiger partial charge is 0.467 e. The fraction of sp³-hybridized carbons (Fsp3) is 0.385. The van der Waals surface area contributed by atoms with Gasteiger partial charge in [0.15, 0.2) is 0 Å². The molecule has 0 radical (unpaired) electrons. The molecule has 1 N–H and O–H groups in total. The monoisotopic (exact) mass is 329 g/mol. The molecule has 0 heterocycles. The van der Waals surface area contributed by atoms with E-state index in [-0.39, 0.29) is 6.61 Å². The van der Waals surface area contributed by atoms with Gasteiger partial charge in [-0.3, -0.25) is 0 Å². The smallest absolute Gasteiger partial charge is 0.407 e. The molecule has 0 saturated carbocycles. The van der Waals surface area contributed by atoms with Crippen molar-refractivity contribution in [3.63, 3.8) is 0 Å². The van der Waals surface area contributed by atoms with Crippen LogP contribution in [0.5, 0.6) is 0 Å². The minimum Gasteiger partial charge on any atom is -0.467 e. The second-order valence-corrected chi connectivity index (χ2v) is 4.82. The Bertz CT molecular complexity index is 450. The second kappa shape index (κ2) is 7.78. The maximum Gasteiger partial charge on any atom is 0.407 e. The Morgan fingerprint density at radius 2 is 2.16 bits per heavy atom. The lowest BCUT2D eigenvalue weighted by atomic mass is 10.2. The van der Waals surface area contributed by atoms with Crippen molar-refractivity contribution in [1.82, 2.24) is 5.32 Å². The molecule has 104 valence electrons. The number of esters is 1. The van der Waals surface area contributed by atoms with Crippen LogP contribution >= 0.6 is 15.9 Å². The Morgan fingerprint density at radius 1 is 1.42 bits per heavy atom. The lowest BCUT2D eigenvalue weighted by Crippen LogP contribution is -2.39. The average Bonchev–Trinajstić information content (AvgIpc) is 2.37. The Kier molecular flexibility index (Phi) is 6.35. The van der Waals surface area contributed by atoms with Crippen molar-refractivity contribution in [1.29, 1.82) is 0 Å². The van der Waals surface area contributed by atoms with Gasteiger partial charge in [-0.05, 0) is 24.6 Å². The molecule has 0 bridgehead atoms. The van der Waals surface area contributed by atoms with Crippen LogP contribution in [-0.4, -0.2) is 31.8 Å². The number of rotatable bonds is 5. The number of ether oxygens (including phenoxy) is 2. The molecule has 5 nitrogen and oxygen atoms in total. The maximum atomic E-state index is 11.4. The van der Waals surface area contributed by atoms with Gasteiger partial charge in [-0.1, -0.05) is 28.1 Å². The van der Waals surface area contributed by atoms with Crippen LogP contribution in [0.15, 0.2) is 28.7 Å². The Hall–Kier alpha value is -1.56. The van der Waals surface area contributed by atoms with E-state index in [1.807, 2.05) is 24.3 Å². The molecule has 1 unspecified atom stereocenters. The number of nitrogens with one attached hydrogen (secondary N) is 1. The van der Waals surface area contributed by atoms with Gasteiger partial charge in [-0.2, -0.15) is 0 Å². The predicted molar refractivity (Wildman–Crippen MR) is 73.8 cm³/mol. The fourth-order valence-corrected chi connectivity index (χ4v) is 1.85. The standard InChI is InChI=1S/C13H16BrNO4/c1-9(12(16)18-2)15-13(17)19-7-6-10-4-3-5-11(14)8-10/h3-5,8-9H,6-7H2,1-2H3,(H,15,17). The molecule has 0 aliphatic heterocycles. The third-order valence-corrected chi connectivity index (χ3v) is 2.90. The summed E-state index contributed by atoms with van der Waals surface area (Å²) in [6.45, 7) is 1.78. The van der Waals surface area contributed by atoms with Crippen molar-refractivity contribution in [3.8, 4) is 0 Å². The number of alkyl carbamates (subject to hydrolysis) is 1. The summed E-state index contributed by atoms with van der Waals surface area (Å²) in [6, 6.07) is 7.03. The van der Waals surface area contributed by atoms with Crippen LogP contribution in [0.1, 0.15) is 12.5 Å². The minimum absolute atomic E-state index is 0.246. The van der Waals surface area contributed by atoms with Gasteiger partial charge in [-0.25, -0.2) is 9.59 Å². The van der Waals surface area contributed by atoms with Gasteiger partial charge in [0.2, 0.25) is 0 Å². The first-order chi connectivity index (χ1) is 9.02. The van der Waals surface area contributed by atoms with E-state index >= 15 is 0 Å². The van der Waals surface area contributed by atoms with Gasteiger partial charge in [0.25, 0.3) is 0 Å². The molecular weight excluding hydrogens is 314 g/mol. The Morgan fingerprint density at radius 3 is 2.79 bits per heavy atom. The zero-order valence-electron chi connectivity index (χ0n) is 10.8. The maximum absolute atomic E-state index is 11.4. The van der Waals surface area contributed by atoms with E-state index in [1.54, 1.807) is 0 Å². The minimum atomic E-state index is -0.719. The molecule has 0 fully saturated rings. The van der Waals surface area contributed by atoms with E-state index in [9.17, 15) is 9.59 Å². The molecule has 1 aromatic carbocycles. The summed E-state index contributed by atoms with van der Waals surface area (Å²) < 4.78 is 10.4. The van der Waals surface area contributed by atoms with Gasteiger partial charge in [0.05, 0.1) is 13.7 Å². The average molecular weight is 330 g/mol. The highest BCUT2D eigenvalue weighted by molar-refractivity contribution is 9.10. The number of carbonyl (C=O) groups excluding carboxylic acids is 2.